The molecule has 0 aromatic heterocycles. The Kier molecular flexibility index (Phi) is 6.58. The number of carbonyl (C=O) groups is 4. The summed E-state index contributed by atoms with van der Waals surface area (Å²) < 4.78 is 29.3. The first-order chi connectivity index (χ1) is 16.7. The third-order valence-corrected chi connectivity index (χ3v) is 6.44. The van der Waals surface area contributed by atoms with Crippen LogP contribution in [0.5, 0.6) is 0 Å². The number of halogens is 3. The summed E-state index contributed by atoms with van der Waals surface area (Å²) in [5, 5.41) is 0.240. The lowest BCUT2D eigenvalue weighted by Gasteiger charge is -2.46. The molecule has 0 spiro atoms. The third kappa shape index (κ3) is 4.34. The number of piperidine rings is 1. The van der Waals surface area contributed by atoms with Crippen molar-refractivity contribution in [2.24, 2.45) is 0 Å². The molecule has 2 aromatic rings. The van der Waals surface area contributed by atoms with E-state index in [1.165, 1.54) is 30.3 Å². The van der Waals surface area contributed by atoms with Crippen molar-refractivity contribution in [1.82, 2.24) is 15.0 Å². The first-order valence-corrected chi connectivity index (χ1v) is 10.9. The van der Waals surface area contributed by atoms with Gasteiger partial charge in [-0.05, 0) is 35.1 Å². The lowest BCUT2D eigenvalue weighted by Crippen LogP contribution is -2.62. The predicted molar refractivity (Wildman–Crippen MR) is 129 cm³/mol. The van der Waals surface area contributed by atoms with E-state index in [9.17, 15) is 28.0 Å². The first kappa shape index (κ1) is 26.0. The van der Waals surface area contributed by atoms with Crippen molar-refractivity contribution in [3.8, 4) is 0 Å². The lowest BCUT2D eigenvalue weighted by atomic mass is 9.39. The zero-order chi connectivity index (χ0) is 26.6. The van der Waals surface area contributed by atoms with Gasteiger partial charge in [0.25, 0.3) is 11.8 Å². The van der Waals surface area contributed by atoms with Gasteiger partial charge in [0, 0.05) is 29.2 Å². The van der Waals surface area contributed by atoms with Gasteiger partial charge in [0.05, 0.1) is 23.5 Å². The second-order valence-electron chi connectivity index (χ2n) is 8.67. The number of rotatable bonds is 5. The van der Waals surface area contributed by atoms with Crippen molar-refractivity contribution >= 4 is 66.7 Å². The SMILES string of the molecule is [B]C1C(=O)NC(=O)C(N2Cc3cc(CN([B])C(=O)C(F)(F)c4ccc(Cl)cc4)ccc3C2=O)C1([B])[B]. The minimum atomic E-state index is -3.90. The fourth-order valence-corrected chi connectivity index (χ4v) is 4.36. The molecule has 1 fully saturated rings. The summed E-state index contributed by atoms with van der Waals surface area (Å²) in [6.45, 7) is -0.527. The monoisotopic (exact) mass is 501 g/mol. The number of amides is 4. The number of alkyl halides is 2. The molecular formula is C22H14B4ClF2N3O4. The van der Waals surface area contributed by atoms with E-state index in [2.05, 4.69) is 0 Å². The summed E-state index contributed by atoms with van der Waals surface area (Å²) in [4.78, 5) is 51.2. The van der Waals surface area contributed by atoms with E-state index in [1.807, 2.05) is 5.32 Å². The zero-order valence-corrected chi connectivity index (χ0v) is 19.3. The van der Waals surface area contributed by atoms with E-state index in [-0.39, 0.29) is 17.1 Å². The molecule has 0 aliphatic carbocycles. The van der Waals surface area contributed by atoms with Crippen LogP contribution in [-0.4, -0.2) is 70.9 Å². The Morgan fingerprint density at radius 1 is 1.14 bits per heavy atom. The molecule has 14 heteroatoms. The second kappa shape index (κ2) is 9.10. The van der Waals surface area contributed by atoms with Crippen LogP contribution in [0.15, 0.2) is 42.5 Å². The van der Waals surface area contributed by atoms with Crippen molar-refractivity contribution in [3.05, 3.63) is 69.7 Å². The molecule has 4 rings (SSSR count). The molecule has 36 heavy (non-hydrogen) atoms. The number of benzene rings is 2. The highest BCUT2D eigenvalue weighted by atomic mass is 35.5. The quantitative estimate of drug-likeness (QED) is 0.489. The molecule has 1 N–H and O–H groups in total. The van der Waals surface area contributed by atoms with Crippen LogP contribution < -0.4 is 5.32 Å². The van der Waals surface area contributed by atoms with Crippen molar-refractivity contribution in [1.29, 1.82) is 0 Å². The molecule has 2 aliphatic heterocycles. The van der Waals surface area contributed by atoms with Crippen molar-refractivity contribution < 1.29 is 28.0 Å². The molecule has 174 valence electrons. The Bertz CT molecular complexity index is 1280. The van der Waals surface area contributed by atoms with E-state index < -0.39 is 58.7 Å². The molecule has 0 saturated carbocycles. The minimum absolute atomic E-state index is 0.128. The second-order valence-corrected chi connectivity index (χ2v) is 9.11. The van der Waals surface area contributed by atoms with Crippen molar-refractivity contribution in [3.63, 3.8) is 0 Å². The molecule has 2 unspecified atom stereocenters. The van der Waals surface area contributed by atoms with E-state index in [1.54, 1.807) is 0 Å². The number of fused-ring (bicyclic) bond motifs is 1. The average Bonchev–Trinajstić information content (AvgIpc) is 3.12. The Labute approximate surface area is 215 Å². The smallest absolute Gasteiger partial charge is 0.348 e. The third-order valence-electron chi connectivity index (χ3n) is 6.19. The maximum atomic E-state index is 14.7. The van der Waals surface area contributed by atoms with Crippen LogP contribution in [0, 0.1) is 0 Å². The average molecular weight is 501 g/mol. The fourth-order valence-electron chi connectivity index (χ4n) is 4.24. The Morgan fingerprint density at radius 3 is 2.42 bits per heavy atom. The van der Waals surface area contributed by atoms with E-state index in [4.69, 9.17) is 43.1 Å². The van der Waals surface area contributed by atoms with Crippen molar-refractivity contribution in [2.45, 2.75) is 36.1 Å². The summed E-state index contributed by atoms with van der Waals surface area (Å²) >= 11 is 5.72. The normalized spacial score (nSPS) is 21.2. The van der Waals surface area contributed by atoms with Crippen LogP contribution in [0.3, 0.4) is 0 Å². The summed E-state index contributed by atoms with van der Waals surface area (Å²) in [5.41, 5.74) is 0.390. The van der Waals surface area contributed by atoms with Gasteiger partial charge < -0.3 is 9.71 Å². The summed E-state index contributed by atoms with van der Waals surface area (Å²) in [6, 6.07) is 7.40. The van der Waals surface area contributed by atoms with Gasteiger partial charge in [-0.1, -0.05) is 41.1 Å². The molecule has 8 radical (unpaired) electrons. The molecule has 2 aliphatic rings. The highest BCUT2D eigenvalue weighted by molar-refractivity contribution is 6.50. The first-order valence-electron chi connectivity index (χ1n) is 10.6. The highest BCUT2D eigenvalue weighted by Gasteiger charge is 2.51. The number of imide groups is 1. The van der Waals surface area contributed by atoms with Crippen LogP contribution in [0.2, 0.25) is 16.1 Å². The largest absolute Gasteiger partial charge is 0.387 e. The van der Waals surface area contributed by atoms with E-state index in [0.29, 0.717) is 15.9 Å². The van der Waals surface area contributed by atoms with E-state index >= 15 is 0 Å². The van der Waals surface area contributed by atoms with Crippen LogP contribution in [0.4, 0.5) is 8.78 Å². The van der Waals surface area contributed by atoms with Crippen LogP contribution in [-0.2, 0) is 33.4 Å². The van der Waals surface area contributed by atoms with Crippen LogP contribution in [0.25, 0.3) is 0 Å². The maximum absolute atomic E-state index is 14.7. The van der Waals surface area contributed by atoms with Gasteiger partial charge in [0.1, 0.15) is 6.04 Å². The molecule has 2 heterocycles. The number of hydrogen-bond donors (Lipinski definition) is 1. The number of hydrogen-bond acceptors (Lipinski definition) is 4. The number of nitrogens with one attached hydrogen (secondary N) is 1. The number of carbonyl (C=O) groups excluding carboxylic acids is 4. The predicted octanol–water partition coefficient (Wildman–Crippen LogP) is 0.935. The fraction of sp³-hybridized carbons (Fsp3) is 0.273. The Balaban J connectivity index is 1.52. The standard InChI is InChI=1S/C22H14B4ClF2N3O4/c23-15-17(33)30-18(34)16(21(15,24)25)31-9-11-7-10(1-6-14(11)19(31)35)8-32(26)20(36)22(28,29)12-2-4-13(27)5-3-12/h1-7,15-16H,8-9H2,(H,30,33,34). The summed E-state index contributed by atoms with van der Waals surface area (Å²) in [7, 11) is 23.4. The molecule has 7 nitrogen and oxygen atoms in total. The van der Waals surface area contributed by atoms with Crippen molar-refractivity contribution in [2.75, 3.05) is 0 Å². The molecular weight excluding hydrogens is 487 g/mol. The molecule has 2 aromatic carbocycles. The molecule has 1 saturated heterocycles. The van der Waals surface area contributed by atoms with Gasteiger partial charge in [-0.25, -0.2) is 0 Å². The zero-order valence-electron chi connectivity index (χ0n) is 18.6. The molecule has 0 bridgehead atoms. The summed E-state index contributed by atoms with van der Waals surface area (Å²) in [5.74, 6) is -9.33. The molecule has 2 atom stereocenters. The lowest BCUT2D eigenvalue weighted by molar-refractivity contribution is -0.154. The number of nitrogens with zero attached hydrogens (tertiary/aromatic N) is 2. The molecule has 4 amide bonds. The summed E-state index contributed by atoms with van der Waals surface area (Å²) in [6.07, 6.45) is 0. The topological polar surface area (TPSA) is 86.8 Å². The van der Waals surface area contributed by atoms with E-state index in [0.717, 1.165) is 17.0 Å². The van der Waals surface area contributed by atoms with Gasteiger partial charge in [-0.15, -0.1) is 0 Å². The van der Waals surface area contributed by atoms with Gasteiger partial charge in [0.2, 0.25) is 19.8 Å². The van der Waals surface area contributed by atoms with Crippen LogP contribution in [0.1, 0.15) is 27.0 Å². The van der Waals surface area contributed by atoms with Gasteiger partial charge in [0.15, 0.2) is 0 Å². The Hall–Kier alpha value is -3.07. The van der Waals surface area contributed by atoms with Gasteiger partial charge in [-0.3, -0.25) is 24.5 Å². The Morgan fingerprint density at radius 2 is 1.78 bits per heavy atom. The van der Waals surface area contributed by atoms with Crippen LogP contribution >= 0.6 is 11.6 Å². The maximum Gasteiger partial charge on any atom is 0.348 e. The van der Waals surface area contributed by atoms with Gasteiger partial charge in [-0.2, -0.15) is 8.78 Å². The van der Waals surface area contributed by atoms with Gasteiger partial charge >= 0.3 is 5.92 Å². The minimum Gasteiger partial charge on any atom is -0.387 e. The highest BCUT2D eigenvalue weighted by Crippen LogP contribution is 2.43.